The van der Waals surface area contributed by atoms with E-state index in [0.717, 1.165) is 19.3 Å². The van der Waals surface area contributed by atoms with Crippen LogP contribution in [-0.2, 0) is 4.79 Å². The Morgan fingerprint density at radius 2 is 2.07 bits per heavy atom. The molecule has 0 radical (unpaired) electrons. The minimum absolute atomic E-state index is 0.0453. The van der Waals surface area contributed by atoms with Crippen LogP contribution in [0.2, 0.25) is 0 Å². The van der Waals surface area contributed by atoms with Gasteiger partial charge in [0.2, 0.25) is 5.91 Å². The molecule has 0 saturated carbocycles. The second-order valence-electron chi connectivity index (χ2n) is 4.40. The highest BCUT2D eigenvalue weighted by Crippen LogP contribution is 2.03. The first kappa shape index (κ1) is 14.2. The molecule has 3 nitrogen and oxygen atoms in total. The molecular formula is C12H24N2O. The molecule has 15 heavy (non-hydrogen) atoms. The van der Waals surface area contributed by atoms with Crippen LogP contribution in [0.4, 0.5) is 0 Å². The topological polar surface area (TPSA) is 55.1 Å². The Balaban J connectivity index is 3.80. The Labute approximate surface area is 93.1 Å². The van der Waals surface area contributed by atoms with Gasteiger partial charge in [-0.2, -0.15) is 0 Å². The summed E-state index contributed by atoms with van der Waals surface area (Å²) >= 11 is 0. The zero-order valence-electron chi connectivity index (χ0n) is 10.1. The van der Waals surface area contributed by atoms with Crippen LogP contribution in [0.5, 0.6) is 0 Å². The molecule has 1 amide bonds. The molecule has 1 unspecified atom stereocenters. The number of carbonyl (C=O) groups is 1. The summed E-state index contributed by atoms with van der Waals surface area (Å²) in [4.78, 5) is 11.6. The third kappa shape index (κ3) is 6.28. The molecule has 2 atom stereocenters. The standard InChI is InChI=1S/C12H24N2O/c1-5-6-7-8-10(4)14-12(15)11(13)9(2)3/h5,9-11H,1,6-8,13H2,2-4H3,(H,14,15)/t10?,11-/m0/s1. The second-order valence-corrected chi connectivity index (χ2v) is 4.40. The van der Waals surface area contributed by atoms with Crippen molar-refractivity contribution in [3.63, 3.8) is 0 Å². The Morgan fingerprint density at radius 1 is 1.47 bits per heavy atom. The average Bonchev–Trinajstić information content (AvgIpc) is 2.16. The number of hydrogen-bond donors (Lipinski definition) is 2. The highest BCUT2D eigenvalue weighted by Gasteiger charge is 2.18. The van der Waals surface area contributed by atoms with Crippen LogP contribution in [0.1, 0.15) is 40.0 Å². The number of unbranched alkanes of at least 4 members (excludes halogenated alkanes) is 1. The number of hydrogen-bond acceptors (Lipinski definition) is 2. The van der Waals surface area contributed by atoms with E-state index in [0.29, 0.717) is 0 Å². The monoisotopic (exact) mass is 212 g/mol. The van der Waals surface area contributed by atoms with E-state index < -0.39 is 6.04 Å². The predicted molar refractivity (Wildman–Crippen MR) is 64.5 cm³/mol. The summed E-state index contributed by atoms with van der Waals surface area (Å²) in [7, 11) is 0. The third-order valence-electron chi connectivity index (χ3n) is 2.46. The first-order chi connectivity index (χ1) is 6.99. The van der Waals surface area contributed by atoms with Crippen molar-refractivity contribution >= 4 is 5.91 Å². The molecule has 3 N–H and O–H groups in total. The number of rotatable bonds is 7. The summed E-state index contributed by atoms with van der Waals surface area (Å²) in [5, 5.41) is 2.92. The van der Waals surface area contributed by atoms with Gasteiger partial charge in [-0.1, -0.05) is 19.9 Å². The summed E-state index contributed by atoms with van der Waals surface area (Å²) < 4.78 is 0. The zero-order chi connectivity index (χ0) is 11.8. The van der Waals surface area contributed by atoms with Crippen LogP contribution in [0.25, 0.3) is 0 Å². The van der Waals surface area contributed by atoms with Crippen LogP contribution in [0.15, 0.2) is 12.7 Å². The molecule has 0 rings (SSSR count). The van der Waals surface area contributed by atoms with E-state index in [1.807, 2.05) is 26.8 Å². The summed E-state index contributed by atoms with van der Waals surface area (Å²) in [6.45, 7) is 9.57. The summed E-state index contributed by atoms with van der Waals surface area (Å²) in [5.74, 6) is 0.140. The van der Waals surface area contributed by atoms with Gasteiger partial charge in [0.25, 0.3) is 0 Å². The van der Waals surface area contributed by atoms with Crippen molar-refractivity contribution < 1.29 is 4.79 Å². The van der Waals surface area contributed by atoms with Crippen molar-refractivity contribution in [3.8, 4) is 0 Å². The SMILES string of the molecule is C=CCCCC(C)NC(=O)[C@@H](N)C(C)C. The van der Waals surface area contributed by atoms with E-state index in [9.17, 15) is 4.79 Å². The highest BCUT2D eigenvalue weighted by molar-refractivity contribution is 5.81. The second kappa shape index (κ2) is 7.46. The molecule has 0 aromatic rings. The number of carbonyl (C=O) groups excluding carboxylic acids is 1. The largest absolute Gasteiger partial charge is 0.352 e. The average molecular weight is 212 g/mol. The fourth-order valence-corrected chi connectivity index (χ4v) is 1.28. The van der Waals surface area contributed by atoms with Gasteiger partial charge in [0, 0.05) is 6.04 Å². The van der Waals surface area contributed by atoms with E-state index in [4.69, 9.17) is 5.73 Å². The van der Waals surface area contributed by atoms with E-state index >= 15 is 0 Å². The Morgan fingerprint density at radius 3 is 2.53 bits per heavy atom. The van der Waals surface area contributed by atoms with Crippen LogP contribution >= 0.6 is 0 Å². The van der Waals surface area contributed by atoms with Crippen molar-refractivity contribution in [3.05, 3.63) is 12.7 Å². The normalized spacial score (nSPS) is 14.7. The molecule has 0 aliphatic heterocycles. The van der Waals surface area contributed by atoms with Crippen LogP contribution in [-0.4, -0.2) is 18.0 Å². The maximum atomic E-state index is 11.6. The summed E-state index contributed by atoms with van der Waals surface area (Å²) in [6.07, 6.45) is 4.93. The Hall–Kier alpha value is -0.830. The van der Waals surface area contributed by atoms with Crippen molar-refractivity contribution in [1.29, 1.82) is 0 Å². The van der Waals surface area contributed by atoms with E-state index in [1.54, 1.807) is 0 Å². The number of allylic oxidation sites excluding steroid dienone is 1. The smallest absolute Gasteiger partial charge is 0.237 e. The maximum absolute atomic E-state index is 11.6. The van der Waals surface area contributed by atoms with Gasteiger partial charge in [0.15, 0.2) is 0 Å². The van der Waals surface area contributed by atoms with Gasteiger partial charge in [0.1, 0.15) is 0 Å². The van der Waals surface area contributed by atoms with Gasteiger partial charge in [-0.15, -0.1) is 6.58 Å². The summed E-state index contributed by atoms with van der Waals surface area (Å²) in [5.41, 5.74) is 5.73. The van der Waals surface area contributed by atoms with Gasteiger partial charge in [-0.3, -0.25) is 4.79 Å². The molecule has 0 aromatic carbocycles. The lowest BCUT2D eigenvalue weighted by molar-refractivity contribution is -0.123. The van der Waals surface area contributed by atoms with Crippen molar-refractivity contribution in [2.24, 2.45) is 11.7 Å². The summed E-state index contributed by atoms with van der Waals surface area (Å²) in [6, 6.07) is -0.200. The highest BCUT2D eigenvalue weighted by atomic mass is 16.2. The molecule has 0 aliphatic carbocycles. The van der Waals surface area contributed by atoms with Gasteiger partial charge < -0.3 is 11.1 Å². The van der Waals surface area contributed by atoms with Crippen LogP contribution in [0.3, 0.4) is 0 Å². The van der Waals surface area contributed by atoms with Crippen molar-refractivity contribution in [2.45, 2.75) is 52.1 Å². The zero-order valence-corrected chi connectivity index (χ0v) is 10.1. The molecule has 0 saturated heterocycles. The molecule has 0 heterocycles. The minimum atomic E-state index is -0.396. The fourth-order valence-electron chi connectivity index (χ4n) is 1.28. The lowest BCUT2D eigenvalue weighted by Gasteiger charge is -2.19. The first-order valence-electron chi connectivity index (χ1n) is 5.65. The molecule has 0 fully saturated rings. The van der Waals surface area contributed by atoms with E-state index in [-0.39, 0.29) is 17.9 Å². The predicted octanol–water partition coefficient (Wildman–Crippen LogP) is 1.83. The molecule has 88 valence electrons. The van der Waals surface area contributed by atoms with Gasteiger partial charge in [-0.05, 0) is 32.1 Å². The van der Waals surface area contributed by atoms with Crippen LogP contribution < -0.4 is 11.1 Å². The minimum Gasteiger partial charge on any atom is -0.352 e. The maximum Gasteiger partial charge on any atom is 0.237 e. The Kier molecular flexibility index (Phi) is 7.05. The molecule has 3 heteroatoms. The lowest BCUT2D eigenvalue weighted by Crippen LogP contribution is -2.47. The number of amides is 1. The van der Waals surface area contributed by atoms with E-state index in [1.165, 1.54) is 0 Å². The van der Waals surface area contributed by atoms with Crippen molar-refractivity contribution in [2.75, 3.05) is 0 Å². The van der Waals surface area contributed by atoms with Gasteiger partial charge >= 0.3 is 0 Å². The number of nitrogens with one attached hydrogen (secondary N) is 1. The number of nitrogens with two attached hydrogens (primary N) is 1. The lowest BCUT2D eigenvalue weighted by atomic mass is 10.0. The fraction of sp³-hybridized carbons (Fsp3) is 0.750. The van der Waals surface area contributed by atoms with Crippen molar-refractivity contribution in [1.82, 2.24) is 5.32 Å². The molecule has 0 aliphatic rings. The van der Waals surface area contributed by atoms with Gasteiger partial charge in [-0.25, -0.2) is 0 Å². The molecule has 0 bridgehead atoms. The van der Waals surface area contributed by atoms with Gasteiger partial charge in [0.05, 0.1) is 6.04 Å². The quantitative estimate of drug-likeness (QED) is 0.499. The Bertz CT molecular complexity index is 202. The van der Waals surface area contributed by atoms with E-state index in [2.05, 4.69) is 11.9 Å². The third-order valence-corrected chi connectivity index (χ3v) is 2.46. The molecule has 0 aromatic heterocycles. The first-order valence-corrected chi connectivity index (χ1v) is 5.65. The molecular weight excluding hydrogens is 188 g/mol. The molecule has 0 spiro atoms. The van der Waals surface area contributed by atoms with Crippen LogP contribution in [0, 0.1) is 5.92 Å².